The summed E-state index contributed by atoms with van der Waals surface area (Å²) in [5.41, 5.74) is 6.60. The van der Waals surface area contributed by atoms with Gasteiger partial charge in [-0.05, 0) is 51.5 Å². The lowest BCUT2D eigenvalue weighted by atomic mass is 9.81. The highest BCUT2D eigenvalue weighted by Gasteiger charge is 2.42. The van der Waals surface area contributed by atoms with Crippen LogP contribution in [0, 0.1) is 0 Å². The summed E-state index contributed by atoms with van der Waals surface area (Å²) in [6, 6.07) is 17.5. The van der Waals surface area contributed by atoms with E-state index in [1.54, 1.807) is 0 Å². The number of para-hydroxylation sites is 1. The summed E-state index contributed by atoms with van der Waals surface area (Å²) < 4.78 is 11.1. The van der Waals surface area contributed by atoms with Gasteiger partial charge in [-0.25, -0.2) is 0 Å². The molecule has 162 valence electrons. The maximum atomic E-state index is 8.77. The highest BCUT2D eigenvalue weighted by molar-refractivity contribution is 7.43. The smallest absolute Gasteiger partial charge is 0.262 e. The second-order valence-electron chi connectivity index (χ2n) is 7.67. The van der Waals surface area contributed by atoms with Crippen LogP contribution < -0.4 is 9.79 Å². The first kappa shape index (κ1) is 24.0. The molecule has 2 N–H and O–H groups in total. The van der Waals surface area contributed by atoms with Crippen molar-refractivity contribution in [1.29, 1.82) is 0 Å². The number of hydrogen-bond donors (Lipinski definition) is 2. The molecule has 7 heteroatoms. The topological polar surface area (TPSA) is 86.8 Å². The molecule has 0 bridgehead atoms. The predicted octanol–water partition coefficient (Wildman–Crippen LogP) is 3.69. The summed E-state index contributed by atoms with van der Waals surface area (Å²) in [6.07, 6.45) is 4.50. The van der Waals surface area contributed by atoms with Crippen LogP contribution in [-0.2, 0) is 9.98 Å². The molecule has 0 aromatic heterocycles. The van der Waals surface area contributed by atoms with E-state index in [-0.39, 0.29) is 5.41 Å². The zero-order valence-corrected chi connectivity index (χ0v) is 19.1. The monoisotopic (exact) mass is 430 g/mol. The average Bonchev–Trinajstić information content (AvgIpc) is 2.87. The number of fused-ring (bicyclic) bond motifs is 1. The van der Waals surface area contributed by atoms with Crippen LogP contribution in [0.15, 0.2) is 54.6 Å². The first-order valence-electron chi connectivity index (χ1n) is 9.99. The number of nitrogens with zero attached hydrogens (tertiary/aromatic N) is 2. The fraction of sp³-hybridized carbons (Fsp3) is 0.348. The van der Waals surface area contributed by atoms with Gasteiger partial charge in [-0.2, -0.15) is 4.58 Å². The van der Waals surface area contributed by atoms with Gasteiger partial charge < -0.3 is 19.6 Å². The first-order chi connectivity index (χ1) is 14.0. The Morgan fingerprint density at radius 3 is 2.07 bits per heavy atom. The Balaban J connectivity index is 0.000000575. The Labute approximate surface area is 179 Å². The lowest BCUT2D eigenvalue weighted by Crippen LogP contribution is -2.26. The van der Waals surface area contributed by atoms with E-state index in [2.05, 4.69) is 105 Å². The molecule has 1 aliphatic rings. The molecule has 0 aliphatic carbocycles. The minimum absolute atomic E-state index is 0.0308. The van der Waals surface area contributed by atoms with Gasteiger partial charge in [0.1, 0.15) is 7.05 Å². The number of hydrogen-bond acceptors (Lipinski definition) is 3. The van der Waals surface area contributed by atoms with Crippen molar-refractivity contribution in [3.8, 4) is 0 Å². The quantitative estimate of drug-likeness (QED) is 0.558. The predicted molar refractivity (Wildman–Crippen MR) is 121 cm³/mol. The molecule has 0 saturated carbocycles. The van der Waals surface area contributed by atoms with Gasteiger partial charge in [-0.15, -0.1) is 0 Å². The van der Waals surface area contributed by atoms with E-state index in [0.717, 1.165) is 13.1 Å². The number of allylic oxidation sites excluding steroid dienone is 1. The molecule has 0 amide bonds. The number of benzene rings is 2. The van der Waals surface area contributed by atoms with Crippen LogP contribution in [0.2, 0.25) is 0 Å². The third kappa shape index (κ3) is 5.89. The van der Waals surface area contributed by atoms with Crippen molar-refractivity contribution in [2.75, 3.05) is 25.0 Å². The molecule has 0 saturated heterocycles. The minimum atomic E-state index is -4.89. The number of rotatable bonds is 5. The van der Waals surface area contributed by atoms with E-state index in [4.69, 9.17) is 19.2 Å². The van der Waals surface area contributed by atoms with Crippen molar-refractivity contribution in [2.45, 2.75) is 33.1 Å². The molecule has 1 aliphatic heterocycles. The zero-order chi connectivity index (χ0) is 22.5. The molecule has 6 nitrogen and oxygen atoms in total. The summed E-state index contributed by atoms with van der Waals surface area (Å²) in [5.74, 6) is 0. The molecule has 1 heterocycles. The second kappa shape index (κ2) is 9.71. The van der Waals surface area contributed by atoms with Crippen LogP contribution in [0.25, 0.3) is 6.08 Å². The van der Waals surface area contributed by atoms with E-state index < -0.39 is 7.82 Å². The van der Waals surface area contributed by atoms with Crippen molar-refractivity contribution in [3.63, 3.8) is 0 Å². The van der Waals surface area contributed by atoms with E-state index >= 15 is 0 Å². The molecule has 3 rings (SSSR count). The van der Waals surface area contributed by atoms with E-state index in [1.807, 2.05) is 0 Å². The van der Waals surface area contributed by atoms with E-state index in [9.17, 15) is 0 Å². The maximum absolute atomic E-state index is 8.77. The van der Waals surface area contributed by atoms with Crippen LogP contribution in [0.3, 0.4) is 0 Å². The van der Waals surface area contributed by atoms with Gasteiger partial charge in [0.2, 0.25) is 5.69 Å². The molecule has 0 spiro atoms. The van der Waals surface area contributed by atoms with Gasteiger partial charge in [0, 0.05) is 36.5 Å². The second-order valence-corrected chi connectivity index (χ2v) is 8.66. The summed E-state index contributed by atoms with van der Waals surface area (Å²) in [6.45, 7) is 11.1. The molecular formula is C23H31N2O4P. The maximum Gasteiger partial charge on any atom is 0.262 e. The van der Waals surface area contributed by atoms with E-state index in [0.29, 0.717) is 0 Å². The molecule has 2 aromatic rings. The number of anilines is 1. The van der Waals surface area contributed by atoms with Crippen LogP contribution >= 0.6 is 7.82 Å². The lowest BCUT2D eigenvalue weighted by molar-refractivity contribution is -0.401. The van der Waals surface area contributed by atoms with Gasteiger partial charge in [-0.1, -0.05) is 30.3 Å². The van der Waals surface area contributed by atoms with Crippen molar-refractivity contribution >= 4 is 31.0 Å². The highest BCUT2D eigenvalue weighted by atomic mass is 31.2. The van der Waals surface area contributed by atoms with Gasteiger partial charge in [0.05, 0.1) is 5.41 Å². The Bertz CT molecular complexity index is 963. The third-order valence-corrected chi connectivity index (χ3v) is 5.40. The van der Waals surface area contributed by atoms with Crippen LogP contribution in [-0.4, -0.2) is 40.2 Å². The summed E-state index contributed by atoms with van der Waals surface area (Å²) >= 11 is 0. The summed E-state index contributed by atoms with van der Waals surface area (Å²) in [4.78, 5) is 25.3. The lowest BCUT2D eigenvalue weighted by Gasteiger charge is -2.20. The number of phosphoric acid groups is 1. The van der Waals surface area contributed by atoms with Gasteiger partial charge >= 0.3 is 0 Å². The van der Waals surface area contributed by atoms with Gasteiger partial charge in [0.25, 0.3) is 7.82 Å². The molecule has 0 unspecified atom stereocenters. The average molecular weight is 430 g/mol. The van der Waals surface area contributed by atoms with Crippen LogP contribution in [0.5, 0.6) is 0 Å². The summed E-state index contributed by atoms with van der Waals surface area (Å²) in [7, 11) is -2.73. The highest BCUT2D eigenvalue weighted by Crippen LogP contribution is 2.39. The molecule has 30 heavy (non-hydrogen) atoms. The van der Waals surface area contributed by atoms with Gasteiger partial charge in [-0.3, -0.25) is 4.57 Å². The Kier molecular flexibility index (Phi) is 7.78. The zero-order valence-electron chi connectivity index (χ0n) is 18.2. The van der Waals surface area contributed by atoms with Crippen molar-refractivity contribution < 1.29 is 23.8 Å². The largest absolute Gasteiger partial charge is 0.756 e. The van der Waals surface area contributed by atoms with Crippen LogP contribution in [0.1, 0.15) is 38.8 Å². The van der Waals surface area contributed by atoms with Crippen molar-refractivity contribution in [3.05, 3.63) is 65.7 Å². The van der Waals surface area contributed by atoms with Crippen LogP contribution in [0.4, 0.5) is 11.4 Å². The Hall–Kier alpha value is -2.24. The van der Waals surface area contributed by atoms with Crippen molar-refractivity contribution in [1.82, 2.24) is 0 Å². The Morgan fingerprint density at radius 1 is 1.03 bits per heavy atom. The van der Waals surface area contributed by atoms with Gasteiger partial charge in [0.15, 0.2) is 5.71 Å². The molecule has 0 atom stereocenters. The standard InChI is InChI=1S/C23H29N2.H3O4P/c1-6-25(7-2)19-15-12-18(13-16-19)14-17-22-23(3,4)20-10-8-9-11-21(20)24(22)5;1-5(2,3)4/h8-17H,6-7H2,1-5H3;(H3,1,2,3,4)/q+1;/p-1. The fourth-order valence-corrected chi connectivity index (χ4v) is 3.86. The normalized spacial score (nSPS) is 15.1. The van der Waals surface area contributed by atoms with E-state index in [1.165, 1.54) is 28.2 Å². The molecule has 2 aromatic carbocycles. The minimum Gasteiger partial charge on any atom is -0.756 e. The first-order valence-corrected chi connectivity index (χ1v) is 11.5. The molecular weight excluding hydrogens is 399 g/mol. The SMILES string of the molecule is CCN(CC)c1ccc(/C=C/C2=[N+](C)c3ccccc3C2(C)C)cc1.O=P([O-])(O)O. The fourth-order valence-electron chi connectivity index (χ4n) is 3.86. The summed E-state index contributed by atoms with van der Waals surface area (Å²) in [5, 5.41) is 0. The van der Waals surface area contributed by atoms with Crippen molar-refractivity contribution in [2.24, 2.45) is 0 Å². The Morgan fingerprint density at radius 2 is 1.57 bits per heavy atom. The molecule has 0 radical (unpaired) electrons. The molecule has 0 fully saturated rings. The third-order valence-electron chi connectivity index (χ3n) is 5.40.